The average molecular weight is 237 g/mol. The monoisotopic (exact) mass is 237 g/mol. The van der Waals surface area contributed by atoms with Crippen LogP contribution in [0.5, 0.6) is 0 Å². The van der Waals surface area contributed by atoms with Gasteiger partial charge in [-0.05, 0) is 38.7 Å². The predicted octanol–water partition coefficient (Wildman–Crippen LogP) is 1.56. The first kappa shape index (κ1) is 12.6. The molecule has 0 radical (unpaired) electrons. The minimum Gasteiger partial charge on any atom is -0.378 e. The molecule has 96 valence electrons. The third-order valence-corrected chi connectivity index (χ3v) is 3.45. The van der Waals surface area contributed by atoms with E-state index in [1.807, 2.05) is 18.7 Å². The number of ether oxygens (including phenoxy) is 1. The van der Waals surface area contributed by atoms with E-state index in [1.165, 1.54) is 18.5 Å². The molecule has 0 saturated carbocycles. The van der Waals surface area contributed by atoms with Gasteiger partial charge in [0.1, 0.15) is 0 Å². The molecule has 1 aromatic rings. The molecule has 0 aliphatic carbocycles. The SMILES string of the molecule is Cc1cc(CC(N)CCC2CCCO2)n(C)n1. The van der Waals surface area contributed by atoms with Crippen molar-refractivity contribution in [3.05, 3.63) is 17.5 Å². The van der Waals surface area contributed by atoms with Crippen molar-refractivity contribution in [2.75, 3.05) is 6.61 Å². The Morgan fingerprint density at radius 3 is 3.06 bits per heavy atom. The molecule has 1 saturated heterocycles. The third kappa shape index (κ3) is 3.54. The van der Waals surface area contributed by atoms with E-state index in [9.17, 15) is 0 Å². The van der Waals surface area contributed by atoms with Crippen LogP contribution < -0.4 is 5.73 Å². The van der Waals surface area contributed by atoms with Gasteiger partial charge in [-0.1, -0.05) is 0 Å². The molecule has 1 fully saturated rings. The molecule has 0 spiro atoms. The van der Waals surface area contributed by atoms with Crippen molar-refractivity contribution in [2.45, 2.75) is 51.2 Å². The highest BCUT2D eigenvalue weighted by Crippen LogP contribution is 2.18. The van der Waals surface area contributed by atoms with Crippen LogP contribution in [-0.4, -0.2) is 28.5 Å². The van der Waals surface area contributed by atoms with E-state index in [-0.39, 0.29) is 6.04 Å². The van der Waals surface area contributed by atoms with Crippen LogP contribution in [0.1, 0.15) is 37.1 Å². The molecule has 0 aromatic carbocycles. The lowest BCUT2D eigenvalue weighted by atomic mass is 10.0. The van der Waals surface area contributed by atoms with Crippen molar-refractivity contribution in [1.82, 2.24) is 9.78 Å². The quantitative estimate of drug-likeness (QED) is 0.845. The number of hydrogen-bond donors (Lipinski definition) is 1. The molecule has 17 heavy (non-hydrogen) atoms. The van der Waals surface area contributed by atoms with Crippen molar-refractivity contribution in [2.24, 2.45) is 12.8 Å². The zero-order chi connectivity index (χ0) is 12.3. The fraction of sp³-hybridized carbons (Fsp3) is 0.769. The largest absolute Gasteiger partial charge is 0.378 e. The van der Waals surface area contributed by atoms with Crippen molar-refractivity contribution in [1.29, 1.82) is 0 Å². The van der Waals surface area contributed by atoms with E-state index in [0.29, 0.717) is 6.10 Å². The molecular formula is C13H23N3O. The van der Waals surface area contributed by atoms with Crippen LogP contribution in [0.4, 0.5) is 0 Å². The summed E-state index contributed by atoms with van der Waals surface area (Å²) in [4.78, 5) is 0. The molecule has 2 N–H and O–H groups in total. The topological polar surface area (TPSA) is 53.1 Å². The Morgan fingerprint density at radius 2 is 2.47 bits per heavy atom. The van der Waals surface area contributed by atoms with Gasteiger partial charge in [0.25, 0.3) is 0 Å². The fourth-order valence-corrected chi connectivity index (χ4v) is 2.50. The summed E-state index contributed by atoms with van der Waals surface area (Å²) in [5.41, 5.74) is 8.45. The number of nitrogens with two attached hydrogens (primary N) is 1. The van der Waals surface area contributed by atoms with Gasteiger partial charge in [-0.2, -0.15) is 5.10 Å². The number of hydrogen-bond acceptors (Lipinski definition) is 3. The van der Waals surface area contributed by atoms with E-state index < -0.39 is 0 Å². The number of aromatic nitrogens is 2. The second-order valence-electron chi connectivity index (χ2n) is 5.08. The van der Waals surface area contributed by atoms with Crippen LogP contribution >= 0.6 is 0 Å². The van der Waals surface area contributed by atoms with Crippen molar-refractivity contribution in [3.63, 3.8) is 0 Å². The summed E-state index contributed by atoms with van der Waals surface area (Å²) in [6, 6.07) is 2.33. The molecule has 2 unspecified atom stereocenters. The van der Waals surface area contributed by atoms with Gasteiger partial charge in [-0.3, -0.25) is 4.68 Å². The highest BCUT2D eigenvalue weighted by Gasteiger charge is 2.17. The zero-order valence-corrected chi connectivity index (χ0v) is 10.9. The normalized spacial score (nSPS) is 21.9. The van der Waals surface area contributed by atoms with Crippen molar-refractivity contribution in [3.8, 4) is 0 Å². The van der Waals surface area contributed by atoms with Gasteiger partial charge in [-0.15, -0.1) is 0 Å². The second-order valence-corrected chi connectivity index (χ2v) is 5.08. The summed E-state index contributed by atoms with van der Waals surface area (Å²) in [6.07, 6.45) is 5.91. The summed E-state index contributed by atoms with van der Waals surface area (Å²) in [5, 5.41) is 4.34. The molecule has 1 aliphatic rings. The van der Waals surface area contributed by atoms with Gasteiger partial charge >= 0.3 is 0 Å². The Kier molecular flexibility index (Phi) is 4.18. The van der Waals surface area contributed by atoms with Gasteiger partial charge in [0.2, 0.25) is 0 Å². The van der Waals surface area contributed by atoms with Crippen LogP contribution in [0, 0.1) is 6.92 Å². The molecule has 0 amide bonds. The molecule has 2 rings (SSSR count). The van der Waals surface area contributed by atoms with Crippen LogP contribution in [0.2, 0.25) is 0 Å². The summed E-state index contributed by atoms with van der Waals surface area (Å²) in [6.45, 7) is 2.95. The molecule has 2 atom stereocenters. The minimum atomic E-state index is 0.217. The lowest BCUT2D eigenvalue weighted by Crippen LogP contribution is -2.25. The van der Waals surface area contributed by atoms with Crippen LogP contribution in [0.3, 0.4) is 0 Å². The molecular weight excluding hydrogens is 214 g/mol. The van der Waals surface area contributed by atoms with Crippen molar-refractivity contribution >= 4 is 0 Å². The van der Waals surface area contributed by atoms with E-state index in [2.05, 4.69) is 11.2 Å². The summed E-state index contributed by atoms with van der Waals surface area (Å²) in [7, 11) is 1.98. The second kappa shape index (κ2) is 5.65. The fourth-order valence-electron chi connectivity index (χ4n) is 2.50. The Balaban J connectivity index is 1.76. The molecule has 4 nitrogen and oxygen atoms in total. The maximum Gasteiger partial charge on any atom is 0.0596 e. The molecule has 2 heterocycles. The van der Waals surface area contributed by atoms with Crippen LogP contribution in [0.15, 0.2) is 6.07 Å². The molecule has 0 bridgehead atoms. The maximum atomic E-state index is 6.17. The number of aryl methyl sites for hydroxylation is 2. The lowest BCUT2D eigenvalue weighted by Gasteiger charge is -2.14. The summed E-state index contributed by atoms with van der Waals surface area (Å²) >= 11 is 0. The first-order valence-electron chi connectivity index (χ1n) is 6.52. The van der Waals surface area contributed by atoms with Crippen molar-refractivity contribution < 1.29 is 4.74 Å². The van der Waals surface area contributed by atoms with E-state index in [4.69, 9.17) is 10.5 Å². The summed E-state index contributed by atoms with van der Waals surface area (Å²) in [5.74, 6) is 0. The first-order chi connectivity index (χ1) is 8.15. The Bertz CT molecular complexity index is 356. The highest BCUT2D eigenvalue weighted by molar-refractivity contribution is 5.09. The average Bonchev–Trinajstić information content (AvgIpc) is 2.87. The zero-order valence-electron chi connectivity index (χ0n) is 10.9. The van der Waals surface area contributed by atoms with Gasteiger partial charge in [-0.25, -0.2) is 0 Å². The predicted molar refractivity (Wildman–Crippen MR) is 67.8 cm³/mol. The van der Waals surface area contributed by atoms with Gasteiger partial charge in [0, 0.05) is 31.8 Å². The number of rotatable bonds is 5. The molecule has 1 aliphatic heterocycles. The Morgan fingerprint density at radius 1 is 1.65 bits per heavy atom. The van der Waals surface area contributed by atoms with Crippen LogP contribution in [-0.2, 0) is 18.2 Å². The minimum absolute atomic E-state index is 0.217. The maximum absolute atomic E-state index is 6.17. The Labute approximate surface area is 103 Å². The Hall–Kier alpha value is -0.870. The van der Waals surface area contributed by atoms with Crippen LogP contribution in [0.25, 0.3) is 0 Å². The first-order valence-corrected chi connectivity index (χ1v) is 6.52. The molecule has 4 heteroatoms. The lowest BCUT2D eigenvalue weighted by molar-refractivity contribution is 0.101. The standard InChI is InChI=1S/C13H23N3O/c1-10-8-12(16(2)15-10)9-11(14)5-6-13-4-3-7-17-13/h8,11,13H,3-7,9,14H2,1-2H3. The van der Waals surface area contributed by atoms with Gasteiger partial charge < -0.3 is 10.5 Å². The van der Waals surface area contributed by atoms with Gasteiger partial charge in [0.05, 0.1) is 11.8 Å². The van der Waals surface area contributed by atoms with Gasteiger partial charge in [0.15, 0.2) is 0 Å². The van der Waals surface area contributed by atoms with E-state index >= 15 is 0 Å². The number of nitrogens with zero attached hydrogens (tertiary/aromatic N) is 2. The van der Waals surface area contributed by atoms with E-state index in [0.717, 1.165) is 31.6 Å². The van der Waals surface area contributed by atoms with E-state index in [1.54, 1.807) is 0 Å². The smallest absolute Gasteiger partial charge is 0.0596 e. The summed E-state index contributed by atoms with van der Waals surface area (Å²) < 4.78 is 7.54. The molecule has 1 aromatic heterocycles. The highest BCUT2D eigenvalue weighted by atomic mass is 16.5. The third-order valence-electron chi connectivity index (χ3n) is 3.45.